The molecular weight excluding hydrogens is 416 g/mol. The van der Waals surface area contributed by atoms with Crippen molar-refractivity contribution in [1.82, 2.24) is 9.55 Å². The largest absolute Gasteiger partial charge is 0.400 e. The standard InChI is InChI=1S/C22H18N2O2.C4H10O.CH4O/c1-14-8-9-16-18(13-14)22(26)24(2)19(10-12-25)20(16)17-7-3-5-15-6-4-11-23-21(15)17;1-4(2,3)5;1-2/h3-9,11-13H,10H2,1-2H3;5H,1-3H3;2H,1H3. The summed E-state index contributed by atoms with van der Waals surface area (Å²) in [6.45, 7) is 7.20. The van der Waals surface area contributed by atoms with Crippen LogP contribution in [0.3, 0.4) is 0 Å². The van der Waals surface area contributed by atoms with Crippen LogP contribution in [0.5, 0.6) is 0 Å². The fraction of sp³-hybridized carbons (Fsp3) is 0.296. The smallest absolute Gasteiger partial charge is 0.258 e. The number of carbonyl (C=O) groups is 1. The highest BCUT2D eigenvalue weighted by molar-refractivity contribution is 6.05. The average Bonchev–Trinajstić information content (AvgIpc) is 2.78. The number of aliphatic hydroxyl groups is 2. The Labute approximate surface area is 194 Å². The maximum absolute atomic E-state index is 12.9. The maximum atomic E-state index is 12.9. The number of aldehydes is 1. The first-order valence-corrected chi connectivity index (χ1v) is 10.7. The fourth-order valence-corrected chi connectivity index (χ4v) is 3.60. The third-order valence-corrected chi connectivity index (χ3v) is 4.85. The minimum atomic E-state index is -0.500. The van der Waals surface area contributed by atoms with E-state index in [1.54, 1.807) is 38.6 Å². The van der Waals surface area contributed by atoms with Gasteiger partial charge in [-0.05, 0) is 45.2 Å². The Morgan fingerprint density at radius 1 is 1.03 bits per heavy atom. The fourth-order valence-electron chi connectivity index (χ4n) is 3.60. The van der Waals surface area contributed by atoms with Crippen LogP contribution < -0.4 is 5.56 Å². The highest BCUT2D eigenvalue weighted by atomic mass is 16.3. The van der Waals surface area contributed by atoms with Crippen molar-refractivity contribution >= 4 is 28.0 Å². The summed E-state index contributed by atoms with van der Waals surface area (Å²) in [6.07, 6.45) is 2.78. The van der Waals surface area contributed by atoms with Gasteiger partial charge in [-0.2, -0.15) is 0 Å². The first kappa shape index (κ1) is 25.9. The molecule has 0 saturated carbocycles. The number of aliphatic hydroxyl groups excluding tert-OH is 1. The van der Waals surface area contributed by atoms with Crippen LogP contribution in [0.4, 0.5) is 0 Å². The predicted octanol–water partition coefficient (Wildman–Crippen LogP) is 4.19. The van der Waals surface area contributed by atoms with Crippen molar-refractivity contribution in [3.63, 3.8) is 0 Å². The van der Waals surface area contributed by atoms with Crippen molar-refractivity contribution in [1.29, 1.82) is 0 Å². The zero-order chi connectivity index (χ0) is 24.8. The van der Waals surface area contributed by atoms with Gasteiger partial charge in [-0.25, -0.2) is 0 Å². The number of para-hydroxylation sites is 1. The van der Waals surface area contributed by atoms with E-state index in [2.05, 4.69) is 4.98 Å². The molecular formula is C27H32N2O4. The lowest BCUT2D eigenvalue weighted by molar-refractivity contribution is -0.107. The molecule has 2 heterocycles. The third-order valence-electron chi connectivity index (χ3n) is 4.85. The molecule has 0 aliphatic rings. The van der Waals surface area contributed by atoms with Crippen LogP contribution in [0, 0.1) is 6.92 Å². The lowest BCUT2D eigenvalue weighted by atomic mass is 9.93. The maximum Gasteiger partial charge on any atom is 0.258 e. The number of fused-ring (bicyclic) bond motifs is 2. The van der Waals surface area contributed by atoms with Gasteiger partial charge < -0.3 is 19.6 Å². The molecule has 0 bridgehead atoms. The van der Waals surface area contributed by atoms with Crippen molar-refractivity contribution in [2.24, 2.45) is 7.05 Å². The molecule has 0 radical (unpaired) electrons. The molecule has 0 saturated heterocycles. The van der Waals surface area contributed by atoms with Gasteiger partial charge in [0, 0.05) is 54.4 Å². The molecule has 0 fully saturated rings. The number of nitrogens with zero attached hydrogens (tertiary/aromatic N) is 2. The van der Waals surface area contributed by atoms with Crippen molar-refractivity contribution in [2.75, 3.05) is 7.11 Å². The van der Waals surface area contributed by atoms with E-state index < -0.39 is 5.60 Å². The zero-order valence-corrected chi connectivity index (χ0v) is 20.1. The number of hydrogen-bond acceptors (Lipinski definition) is 5. The van der Waals surface area contributed by atoms with Crippen molar-refractivity contribution < 1.29 is 15.0 Å². The highest BCUT2D eigenvalue weighted by Gasteiger charge is 2.18. The molecule has 0 aliphatic carbocycles. The van der Waals surface area contributed by atoms with Gasteiger partial charge in [-0.1, -0.05) is 42.0 Å². The first-order chi connectivity index (χ1) is 15.6. The minimum absolute atomic E-state index is 0.0857. The summed E-state index contributed by atoms with van der Waals surface area (Å²) in [5, 5.41) is 18.1. The molecule has 0 amide bonds. The third kappa shape index (κ3) is 6.12. The van der Waals surface area contributed by atoms with Crippen molar-refractivity contribution in [2.45, 2.75) is 39.7 Å². The molecule has 0 unspecified atom stereocenters. The van der Waals surface area contributed by atoms with E-state index >= 15 is 0 Å². The lowest BCUT2D eigenvalue weighted by Crippen LogP contribution is -2.22. The van der Waals surface area contributed by atoms with Gasteiger partial charge in [-0.3, -0.25) is 9.78 Å². The summed E-state index contributed by atoms with van der Waals surface area (Å²) >= 11 is 0. The Morgan fingerprint density at radius 2 is 1.67 bits per heavy atom. The van der Waals surface area contributed by atoms with Gasteiger partial charge in [0.1, 0.15) is 6.29 Å². The van der Waals surface area contributed by atoms with Crippen LogP contribution in [0.15, 0.2) is 59.5 Å². The van der Waals surface area contributed by atoms with Gasteiger partial charge in [0.2, 0.25) is 0 Å². The molecule has 6 nitrogen and oxygen atoms in total. The molecule has 0 spiro atoms. The summed E-state index contributed by atoms with van der Waals surface area (Å²) < 4.78 is 1.59. The van der Waals surface area contributed by atoms with Gasteiger partial charge in [-0.15, -0.1) is 0 Å². The summed E-state index contributed by atoms with van der Waals surface area (Å²) in [6, 6.07) is 15.8. The van der Waals surface area contributed by atoms with Crippen LogP contribution in [0.1, 0.15) is 32.0 Å². The monoisotopic (exact) mass is 448 g/mol. The molecule has 2 aromatic heterocycles. The second kappa shape index (κ2) is 11.0. The van der Waals surface area contributed by atoms with E-state index in [1.165, 1.54) is 0 Å². The van der Waals surface area contributed by atoms with E-state index in [0.29, 0.717) is 11.1 Å². The number of hydrogen-bond donors (Lipinski definition) is 2. The molecule has 33 heavy (non-hydrogen) atoms. The molecule has 0 atom stereocenters. The van der Waals surface area contributed by atoms with Crippen LogP contribution in [-0.2, 0) is 18.3 Å². The summed E-state index contributed by atoms with van der Waals surface area (Å²) in [5.74, 6) is 0. The van der Waals surface area contributed by atoms with Crippen LogP contribution >= 0.6 is 0 Å². The minimum Gasteiger partial charge on any atom is -0.400 e. The Balaban J connectivity index is 0.000000489. The quantitative estimate of drug-likeness (QED) is 0.459. The van der Waals surface area contributed by atoms with Crippen LogP contribution in [0.25, 0.3) is 32.8 Å². The summed E-state index contributed by atoms with van der Waals surface area (Å²) in [5.41, 5.74) is 3.85. The van der Waals surface area contributed by atoms with Gasteiger partial charge >= 0.3 is 0 Å². The molecule has 4 aromatic rings. The predicted molar refractivity (Wildman–Crippen MR) is 135 cm³/mol. The lowest BCUT2D eigenvalue weighted by Gasteiger charge is -2.17. The molecule has 4 rings (SSSR count). The van der Waals surface area contributed by atoms with E-state index in [9.17, 15) is 9.59 Å². The SMILES string of the molecule is CC(C)(C)O.CO.Cc1ccc2c(-c3cccc4cccnc34)c(CC=O)n(C)c(=O)c2c1. The van der Waals surface area contributed by atoms with Crippen molar-refractivity contribution in [3.05, 3.63) is 76.3 Å². The average molecular weight is 449 g/mol. The number of aryl methyl sites for hydroxylation is 1. The second-order valence-electron chi connectivity index (χ2n) is 8.66. The van der Waals surface area contributed by atoms with Gasteiger partial charge in [0.15, 0.2) is 0 Å². The number of aromatic nitrogens is 2. The molecule has 2 N–H and O–H groups in total. The van der Waals surface area contributed by atoms with E-state index in [1.807, 2.05) is 55.5 Å². The number of rotatable bonds is 3. The first-order valence-electron chi connectivity index (χ1n) is 10.7. The molecule has 2 aromatic carbocycles. The van der Waals surface area contributed by atoms with Crippen LogP contribution in [-0.4, -0.2) is 38.8 Å². The molecule has 6 heteroatoms. The van der Waals surface area contributed by atoms with E-state index in [-0.39, 0.29) is 12.0 Å². The van der Waals surface area contributed by atoms with Crippen molar-refractivity contribution in [3.8, 4) is 11.1 Å². The number of pyridine rings is 2. The number of carbonyl (C=O) groups excluding carboxylic acids is 1. The van der Waals surface area contributed by atoms with E-state index in [0.717, 1.165) is 46.4 Å². The van der Waals surface area contributed by atoms with Gasteiger partial charge in [0.25, 0.3) is 5.56 Å². The Morgan fingerprint density at radius 3 is 2.30 bits per heavy atom. The summed E-state index contributed by atoms with van der Waals surface area (Å²) in [7, 11) is 2.73. The highest BCUT2D eigenvalue weighted by Crippen LogP contribution is 2.34. The normalized spacial score (nSPS) is 10.8. The Kier molecular flexibility index (Phi) is 8.63. The Bertz CT molecular complexity index is 1310. The summed E-state index contributed by atoms with van der Waals surface area (Å²) in [4.78, 5) is 28.8. The Hall–Kier alpha value is -3.35. The molecule has 0 aliphatic heterocycles. The molecule has 174 valence electrons. The number of benzene rings is 2. The zero-order valence-electron chi connectivity index (χ0n) is 20.1. The van der Waals surface area contributed by atoms with E-state index in [4.69, 9.17) is 10.2 Å². The van der Waals surface area contributed by atoms with Crippen LogP contribution in [0.2, 0.25) is 0 Å². The topological polar surface area (TPSA) is 92.4 Å². The van der Waals surface area contributed by atoms with Gasteiger partial charge in [0.05, 0.1) is 11.1 Å². The second-order valence-corrected chi connectivity index (χ2v) is 8.66.